The van der Waals surface area contributed by atoms with Gasteiger partial charge >= 0.3 is 12.0 Å². The van der Waals surface area contributed by atoms with Gasteiger partial charge in [-0.25, -0.2) is 9.59 Å². The second-order valence-corrected chi connectivity index (χ2v) is 7.51. The van der Waals surface area contributed by atoms with E-state index in [1.807, 2.05) is 47.8 Å². The Hall–Kier alpha value is -3.65. The Morgan fingerprint density at radius 3 is 2.45 bits per heavy atom. The van der Waals surface area contributed by atoms with Crippen molar-refractivity contribution in [1.29, 1.82) is 0 Å². The van der Waals surface area contributed by atoms with Gasteiger partial charge in [-0.05, 0) is 35.6 Å². The second-order valence-electron chi connectivity index (χ2n) is 6.48. The van der Waals surface area contributed by atoms with Crippen LogP contribution in [0.5, 0.6) is 5.75 Å². The van der Waals surface area contributed by atoms with E-state index in [9.17, 15) is 14.4 Å². The largest absolute Gasteiger partial charge is 0.488 e. The lowest BCUT2D eigenvalue weighted by molar-refractivity contribution is -0.123. The zero-order chi connectivity index (χ0) is 21.9. The highest BCUT2D eigenvalue weighted by atomic mass is 32.1. The first-order valence-electron chi connectivity index (χ1n) is 9.65. The number of thiophene rings is 1. The van der Waals surface area contributed by atoms with Crippen LogP contribution in [-0.2, 0) is 22.6 Å². The number of benzene rings is 2. The molecule has 0 unspecified atom stereocenters. The number of esters is 1. The Labute approximate surface area is 184 Å². The highest BCUT2D eigenvalue weighted by Gasteiger charge is 2.16. The first-order valence-corrected chi connectivity index (χ1v) is 10.5. The molecule has 0 spiro atoms. The van der Waals surface area contributed by atoms with Crippen molar-refractivity contribution in [3.05, 3.63) is 88.1 Å². The summed E-state index contributed by atoms with van der Waals surface area (Å²) in [5.41, 5.74) is 1.15. The molecular formula is C23H22N2O5S. The van der Waals surface area contributed by atoms with Crippen LogP contribution >= 0.6 is 11.3 Å². The van der Waals surface area contributed by atoms with Crippen LogP contribution in [0.25, 0.3) is 0 Å². The molecule has 0 aliphatic carbocycles. The van der Waals surface area contributed by atoms with Crippen LogP contribution in [0.4, 0.5) is 4.79 Å². The SMILES string of the molecule is O=C(COC(=O)c1ccccc1OCc1ccccc1)NC(=O)NCCc1cccs1. The van der Waals surface area contributed by atoms with Gasteiger partial charge in [0.2, 0.25) is 0 Å². The minimum absolute atomic E-state index is 0.201. The molecule has 160 valence electrons. The van der Waals surface area contributed by atoms with Crippen LogP contribution < -0.4 is 15.4 Å². The summed E-state index contributed by atoms with van der Waals surface area (Å²) in [7, 11) is 0. The Bertz CT molecular complexity index is 1010. The van der Waals surface area contributed by atoms with Crippen molar-refractivity contribution in [3.8, 4) is 5.75 Å². The minimum Gasteiger partial charge on any atom is -0.488 e. The van der Waals surface area contributed by atoms with Gasteiger partial charge in [0.15, 0.2) is 6.61 Å². The van der Waals surface area contributed by atoms with Crippen LogP contribution in [0.15, 0.2) is 72.1 Å². The number of amides is 3. The zero-order valence-electron chi connectivity index (χ0n) is 16.7. The molecule has 31 heavy (non-hydrogen) atoms. The molecule has 2 aromatic carbocycles. The highest BCUT2D eigenvalue weighted by molar-refractivity contribution is 7.09. The fraction of sp³-hybridized carbons (Fsp3) is 0.174. The van der Waals surface area contributed by atoms with Crippen LogP contribution in [0.3, 0.4) is 0 Å². The number of para-hydroxylation sites is 1. The monoisotopic (exact) mass is 438 g/mol. The van der Waals surface area contributed by atoms with Crippen LogP contribution in [0.2, 0.25) is 0 Å². The summed E-state index contributed by atoms with van der Waals surface area (Å²) in [6, 6.07) is 19.4. The Kier molecular flexibility index (Phi) is 8.19. The van der Waals surface area contributed by atoms with Gasteiger partial charge in [-0.2, -0.15) is 0 Å². The molecule has 3 rings (SSSR count). The minimum atomic E-state index is -0.718. The number of rotatable bonds is 9. The van der Waals surface area contributed by atoms with E-state index in [2.05, 4.69) is 10.6 Å². The van der Waals surface area contributed by atoms with E-state index in [1.54, 1.807) is 35.6 Å². The lowest BCUT2D eigenvalue weighted by atomic mass is 10.2. The van der Waals surface area contributed by atoms with Gasteiger partial charge in [0.1, 0.15) is 17.9 Å². The van der Waals surface area contributed by atoms with Gasteiger partial charge < -0.3 is 14.8 Å². The maximum atomic E-state index is 12.4. The number of carbonyl (C=O) groups excluding carboxylic acids is 3. The first kappa shape index (κ1) is 22.0. The van der Waals surface area contributed by atoms with Crippen LogP contribution in [-0.4, -0.2) is 31.1 Å². The van der Waals surface area contributed by atoms with Gasteiger partial charge in [-0.15, -0.1) is 11.3 Å². The molecule has 2 N–H and O–H groups in total. The van der Waals surface area contributed by atoms with Gasteiger partial charge in [0.05, 0.1) is 0 Å². The summed E-state index contributed by atoms with van der Waals surface area (Å²) in [5, 5.41) is 6.68. The molecule has 0 fully saturated rings. The maximum Gasteiger partial charge on any atom is 0.342 e. The van der Waals surface area contributed by atoms with E-state index in [0.29, 0.717) is 18.7 Å². The molecule has 0 saturated heterocycles. The van der Waals surface area contributed by atoms with E-state index < -0.39 is 24.5 Å². The molecule has 0 aliphatic heterocycles. The Morgan fingerprint density at radius 1 is 0.903 bits per heavy atom. The number of imide groups is 1. The average Bonchev–Trinajstić information content (AvgIpc) is 3.30. The third kappa shape index (κ3) is 7.27. The van der Waals surface area contributed by atoms with Crippen molar-refractivity contribution >= 4 is 29.2 Å². The molecule has 3 aromatic rings. The van der Waals surface area contributed by atoms with Crippen molar-refractivity contribution in [2.24, 2.45) is 0 Å². The lowest BCUT2D eigenvalue weighted by Gasteiger charge is -2.11. The normalized spacial score (nSPS) is 10.2. The summed E-state index contributed by atoms with van der Waals surface area (Å²) in [4.78, 5) is 37.2. The number of carbonyl (C=O) groups is 3. The number of hydrogen-bond donors (Lipinski definition) is 2. The second kappa shape index (κ2) is 11.5. The van der Waals surface area contributed by atoms with Gasteiger partial charge in [0, 0.05) is 11.4 Å². The number of ether oxygens (including phenoxy) is 2. The van der Waals surface area contributed by atoms with E-state index in [4.69, 9.17) is 9.47 Å². The predicted octanol–water partition coefficient (Wildman–Crippen LogP) is 3.55. The average molecular weight is 439 g/mol. The molecule has 0 radical (unpaired) electrons. The molecule has 1 heterocycles. The first-order chi connectivity index (χ1) is 15.1. The molecule has 0 atom stereocenters. The molecule has 1 aromatic heterocycles. The summed E-state index contributed by atoms with van der Waals surface area (Å²) in [5.74, 6) is -1.08. The van der Waals surface area contributed by atoms with E-state index in [-0.39, 0.29) is 12.2 Å². The Morgan fingerprint density at radius 2 is 1.68 bits per heavy atom. The van der Waals surface area contributed by atoms with Crippen LogP contribution in [0, 0.1) is 0 Å². The predicted molar refractivity (Wildman–Crippen MR) is 117 cm³/mol. The standard InChI is InChI=1S/C23H22N2O5S/c26-21(25-23(28)24-13-12-18-9-6-14-31-18)16-30-22(27)19-10-4-5-11-20(19)29-15-17-7-2-1-3-8-17/h1-11,14H,12-13,15-16H2,(H2,24,25,26,28). The maximum absolute atomic E-state index is 12.4. The third-order valence-corrected chi connectivity index (χ3v) is 5.10. The molecular weight excluding hydrogens is 416 g/mol. The molecule has 8 heteroatoms. The fourth-order valence-electron chi connectivity index (χ4n) is 2.67. The summed E-state index contributed by atoms with van der Waals surface area (Å²) in [6.07, 6.45) is 0.675. The van der Waals surface area contributed by atoms with Crippen LogP contribution in [0.1, 0.15) is 20.8 Å². The molecule has 0 bridgehead atoms. The smallest absolute Gasteiger partial charge is 0.342 e. The lowest BCUT2D eigenvalue weighted by Crippen LogP contribution is -2.42. The summed E-state index contributed by atoms with van der Waals surface area (Å²) >= 11 is 1.59. The number of urea groups is 1. The molecule has 3 amide bonds. The number of nitrogens with one attached hydrogen (secondary N) is 2. The van der Waals surface area contributed by atoms with Crippen molar-refractivity contribution < 1.29 is 23.9 Å². The molecule has 0 saturated carbocycles. The van der Waals surface area contributed by atoms with Gasteiger partial charge in [0.25, 0.3) is 5.91 Å². The van der Waals surface area contributed by atoms with Crippen molar-refractivity contribution in [1.82, 2.24) is 10.6 Å². The summed E-state index contributed by atoms with van der Waals surface area (Å²) < 4.78 is 10.8. The van der Waals surface area contributed by atoms with Crippen molar-refractivity contribution in [2.75, 3.05) is 13.2 Å². The van der Waals surface area contributed by atoms with Crippen molar-refractivity contribution in [2.45, 2.75) is 13.0 Å². The topological polar surface area (TPSA) is 93.7 Å². The quantitative estimate of drug-likeness (QED) is 0.499. The summed E-state index contributed by atoms with van der Waals surface area (Å²) in [6.45, 7) is 0.104. The van der Waals surface area contributed by atoms with E-state index >= 15 is 0 Å². The Balaban J connectivity index is 1.43. The fourth-order valence-corrected chi connectivity index (χ4v) is 3.38. The molecule has 7 nitrogen and oxygen atoms in total. The molecule has 0 aliphatic rings. The number of hydrogen-bond acceptors (Lipinski definition) is 6. The highest BCUT2D eigenvalue weighted by Crippen LogP contribution is 2.20. The van der Waals surface area contributed by atoms with E-state index in [0.717, 1.165) is 10.4 Å². The van der Waals surface area contributed by atoms with Gasteiger partial charge in [-0.1, -0.05) is 48.5 Å². The van der Waals surface area contributed by atoms with E-state index in [1.165, 1.54) is 0 Å². The third-order valence-electron chi connectivity index (χ3n) is 4.17. The van der Waals surface area contributed by atoms with Crippen molar-refractivity contribution in [3.63, 3.8) is 0 Å². The van der Waals surface area contributed by atoms with Gasteiger partial charge in [-0.3, -0.25) is 10.1 Å². The zero-order valence-corrected chi connectivity index (χ0v) is 17.5.